The van der Waals surface area contributed by atoms with Crippen molar-refractivity contribution in [2.75, 3.05) is 26.1 Å². The Morgan fingerprint density at radius 1 is 1.20 bits per heavy atom. The molecule has 2 rings (SSSR count). The smallest absolute Gasteiger partial charge is 0.133 e. The second-order valence-corrected chi connectivity index (χ2v) is 4.79. The predicted molar refractivity (Wildman–Crippen MR) is 83.1 cm³/mol. The summed E-state index contributed by atoms with van der Waals surface area (Å²) in [4.78, 5) is 6.59. The summed E-state index contributed by atoms with van der Waals surface area (Å²) in [6.07, 6.45) is 0. The summed E-state index contributed by atoms with van der Waals surface area (Å²) in [6, 6.07) is 11.6. The van der Waals surface area contributed by atoms with Crippen LogP contribution < -0.4 is 15.0 Å². The Labute approximate surface area is 124 Å². The van der Waals surface area contributed by atoms with Gasteiger partial charge in [-0.25, -0.2) is 4.98 Å². The zero-order chi connectivity index (χ0) is 14.5. The third-order valence-corrected chi connectivity index (χ3v) is 3.40. The molecule has 0 spiro atoms. The number of pyridine rings is 1. The lowest BCUT2D eigenvalue weighted by Gasteiger charge is -2.19. The van der Waals surface area contributed by atoms with E-state index in [1.165, 1.54) is 0 Å². The summed E-state index contributed by atoms with van der Waals surface area (Å²) in [6.45, 7) is 0.642. The molecule has 1 N–H and O–H groups in total. The molecule has 0 atom stereocenters. The Morgan fingerprint density at radius 2 is 1.90 bits per heavy atom. The van der Waals surface area contributed by atoms with Crippen LogP contribution in [0.25, 0.3) is 0 Å². The van der Waals surface area contributed by atoms with Crippen molar-refractivity contribution in [3.05, 3.63) is 47.1 Å². The van der Waals surface area contributed by atoms with Gasteiger partial charge in [0.25, 0.3) is 0 Å². The van der Waals surface area contributed by atoms with E-state index in [0.717, 1.165) is 22.9 Å². The summed E-state index contributed by atoms with van der Waals surface area (Å²) in [7, 11) is 5.50. The number of nitrogens with one attached hydrogen (secondary N) is 1. The summed E-state index contributed by atoms with van der Waals surface area (Å²) < 4.78 is 5.16. The number of methoxy groups -OCH3 is 1. The number of hydrogen-bond donors (Lipinski definition) is 1. The largest absolute Gasteiger partial charge is 0.497 e. The SMILES string of the molecule is CNCc1nc(N(C)c2ccc(OC)cc2)ccc1Cl. The van der Waals surface area contributed by atoms with Crippen LogP contribution in [0.2, 0.25) is 5.02 Å². The molecule has 1 aromatic heterocycles. The first-order valence-electron chi connectivity index (χ1n) is 6.33. The molecule has 0 saturated heterocycles. The Hall–Kier alpha value is -1.78. The van der Waals surface area contributed by atoms with Crippen LogP contribution in [0.3, 0.4) is 0 Å². The van der Waals surface area contributed by atoms with Gasteiger partial charge in [0, 0.05) is 19.3 Å². The van der Waals surface area contributed by atoms with E-state index in [-0.39, 0.29) is 0 Å². The average molecular weight is 292 g/mol. The second kappa shape index (κ2) is 6.59. The van der Waals surface area contributed by atoms with Crippen molar-refractivity contribution in [3.63, 3.8) is 0 Å². The van der Waals surface area contributed by atoms with Crippen LogP contribution in [0, 0.1) is 0 Å². The molecule has 1 aromatic carbocycles. The first-order chi connectivity index (χ1) is 9.65. The number of halogens is 1. The fraction of sp³-hybridized carbons (Fsp3) is 0.267. The number of benzene rings is 1. The fourth-order valence-electron chi connectivity index (χ4n) is 1.89. The van der Waals surface area contributed by atoms with Crippen LogP contribution >= 0.6 is 11.6 Å². The highest BCUT2D eigenvalue weighted by molar-refractivity contribution is 6.31. The van der Waals surface area contributed by atoms with E-state index in [0.29, 0.717) is 11.6 Å². The van der Waals surface area contributed by atoms with Crippen molar-refractivity contribution in [1.29, 1.82) is 0 Å². The molecule has 0 aliphatic carbocycles. The Bertz CT molecular complexity index is 572. The van der Waals surface area contributed by atoms with Gasteiger partial charge < -0.3 is 15.0 Å². The molecule has 20 heavy (non-hydrogen) atoms. The zero-order valence-electron chi connectivity index (χ0n) is 11.9. The van der Waals surface area contributed by atoms with Gasteiger partial charge in [-0.15, -0.1) is 0 Å². The molecule has 2 aromatic rings. The molecule has 0 radical (unpaired) electrons. The van der Waals surface area contributed by atoms with Crippen LogP contribution in [-0.4, -0.2) is 26.2 Å². The number of rotatable bonds is 5. The van der Waals surface area contributed by atoms with Crippen molar-refractivity contribution in [1.82, 2.24) is 10.3 Å². The van der Waals surface area contributed by atoms with Gasteiger partial charge in [0.05, 0.1) is 17.8 Å². The third-order valence-electron chi connectivity index (χ3n) is 3.05. The van der Waals surface area contributed by atoms with Gasteiger partial charge in [0.1, 0.15) is 11.6 Å². The summed E-state index contributed by atoms with van der Waals surface area (Å²) in [5.74, 6) is 1.69. The van der Waals surface area contributed by atoms with E-state index >= 15 is 0 Å². The Kier molecular flexibility index (Phi) is 4.82. The maximum absolute atomic E-state index is 6.13. The summed E-state index contributed by atoms with van der Waals surface area (Å²) in [5.41, 5.74) is 1.88. The van der Waals surface area contributed by atoms with Gasteiger partial charge in [0.15, 0.2) is 0 Å². The Balaban J connectivity index is 2.27. The lowest BCUT2D eigenvalue weighted by Crippen LogP contribution is -2.14. The van der Waals surface area contributed by atoms with Gasteiger partial charge in [-0.3, -0.25) is 0 Å². The number of ether oxygens (including phenoxy) is 1. The van der Waals surface area contributed by atoms with Gasteiger partial charge in [-0.1, -0.05) is 11.6 Å². The maximum Gasteiger partial charge on any atom is 0.133 e. The van der Waals surface area contributed by atoms with Crippen LogP contribution in [0.4, 0.5) is 11.5 Å². The monoisotopic (exact) mass is 291 g/mol. The third kappa shape index (κ3) is 3.21. The average Bonchev–Trinajstić information content (AvgIpc) is 2.49. The number of aromatic nitrogens is 1. The maximum atomic E-state index is 6.13. The zero-order valence-corrected chi connectivity index (χ0v) is 12.6. The number of nitrogens with zero attached hydrogens (tertiary/aromatic N) is 2. The van der Waals surface area contributed by atoms with Crippen molar-refractivity contribution in [2.45, 2.75) is 6.54 Å². The molecule has 0 aliphatic rings. The standard InChI is InChI=1S/C15H18ClN3O/c1-17-10-14-13(16)8-9-15(18-14)19(2)11-4-6-12(20-3)7-5-11/h4-9,17H,10H2,1-3H3. The normalized spacial score (nSPS) is 10.4. The minimum atomic E-state index is 0.642. The minimum Gasteiger partial charge on any atom is -0.497 e. The summed E-state index contributed by atoms with van der Waals surface area (Å²) >= 11 is 6.13. The van der Waals surface area contributed by atoms with E-state index in [2.05, 4.69) is 10.3 Å². The molecule has 0 saturated carbocycles. The molecule has 106 valence electrons. The highest BCUT2D eigenvalue weighted by Crippen LogP contribution is 2.26. The molecule has 0 unspecified atom stereocenters. The van der Waals surface area contributed by atoms with Crippen molar-refractivity contribution >= 4 is 23.1 Å². The van der Waals surface area contributed by atoms with E-state index in [4.69, 9.17) is 16.3 Å². The molecule has 4 nitrogen and oxygen atoms in total. The number of anilines is 2. The molecule has 5 heteroatoms. The van der Waals surface area contributed by atoms with E-state index < -0.39 is 0 Å². The Morgan fingerprint density at radius 3 is 2.50 bits per heavy atom. The first-order valence-corrected chi connectivity index (χ1v) is 6.71. The van der Waals surface area contributed by atoms with Gasteiger partial charge in [0.2, 0.25) is 0 Å². The highest BCUT2D eigenvalue weighted by atomic mass is 35.5. The van der Waals surface area contributed by atoms with Crippen molar-refractivity contribution < 1.29 is 4.74 Å². The highest BCUT2D eigenvalue weighted by Gasteiger charge is 2.09. The van der Waals surface area contributed by atoms with Crippen LogP contribution in [0.5, 0.6) is 5.75 Å². The molecule has 0 aliphatic heterocycles. The molecule has 1 heterocycles. The molecule has 0 amide bonds. The molecular formula is C15H18ClN3O. The molecular weight excluding hydrogens is 274 g/mol. The molecule has 0 bridgehead atoms. The van der Waals surface area contributed by atoms with Gasteiger partial charge >= 0.3 is 0 Å². The van der Waals surface area contributed by atoms with Crippen LogP contribution in [0.1, 0.15) is 5.69 Å². The predicted octanol–water partition coefficient (Wildman–Crippen LogP) is 3.23. The van der Waals surface area contributed by atoms with E-state index in [1.54, 1.807) is 7.11 Å². The second-order valence-electron chi connectivity index (χ2n) is 4.39. The van der Waals surface area contributed by atoms with Crippen LogP contribution in [-0.2, 0) is 6.54 Å². The van der Waals surface area contributed by atoms with Crippen molar-refractivity contribution in [2.24, 2.45) is 0 Å². The lowest BCUT2D eigenvalue weighted by atomic mass is 10.2. The number of hydrogen-bond acceptors (Lipinski definition) is 4. The fourth-order valence-corrected chi connectivity index (χ4v) is 2.06. The summed E-state index contributed by atoms with van der Waals surface area (Å²) in [5, 5.41) is 3.74. The van der Waals surface area contributed by atoms with E-state index in [1.807, 2.05) is 55.4 Å². The quantitative estimate of drug-likeness (QED) is 0.918. The van der Waals surface area contributed by atoms with Crippen molar-refractivity contribution in [3.8, 4) is 5.75 Å². The minimum absolute atomic E-state index is 0.642. The van der Waals surface area contributed by atoms with Crippen LogP contribution in [0.15, 0.2) is 36.4 Å². The van der Waals surface area contributed by atoms with Gasteiger partial charge in [-0.2, -0.15) is 0 Å². The first kappa shape index (κ1) is 14.6. The topological polar surface area (TPSA) is 37.4 Å². The van der Waals surface area contributed by atoms with E-state index in [9.17, 15) is 0 Å². The van der Waals surface area contributed by atoms with Gasteiger partial charge in [-0.05, 0) is 43.4 Å². The molecule has 0 fully saturated rings. The lowest BCUT2D eigenvalue weighted by molar-refractivity contribution is 0.415.